The fraction of sp³-hybridized carbons (Fsp3) is 0.133. The maximum atomic E-state index is 12.1. The van der Waals surface area contributed by atoms with E-state index in [9.17, 15) is 25.0 Å². The normalized spacial score (nSPS) is 11.1. The molecule has 0 amide bonds. The van der Waals surface area contributed by atoms with E-state index in [-0.39, 0.29) is 23.6 Å². The average molecular weight is 332 g/mol. The van der Waals surface area contributed by atoms with Crippen LogP contribution in [0.1, 0.15) is 18.2 Å². The van der Waals surface area contributed by atoms with Gasteiger partial charge in [-0.25, -0.2) is 4.79 Å². The van der Waals surface area contributed by atoms with Gasteiger partial charge < -0.3 is 9.15 Å². The highest BCUT2D eigenvalue weighted by molar-refractivity contribution is 6.21. The third-order valence-electron chi connectivity index (χ3n) is 2.96. The Balaban J connectivity index is 2.43. The molecule has 1 aromatic carbocycles. The molecule has 124 valence electrons. The molecule has 0 unspecified atom stereocenters. The molecular weight excluding hydrogens is 320 g/mol. The van der Waals surface area contributed by atoms with Gasteiger partial charge in [-0.15, -0.1) is 0 Å². The first-order valence-electron chi connectivity index (χ1n) is 6.80. The van der Waals surface area contributed by atoms with Crippen molar-refractivity contribution in [1.29, 1.82) is 0 Å². The summed E-state index contributed by atoms with van der Waals surface area (Å²) in [7, 11) is 0. The van der Waals surface area contributed by atoms with Crippen LogP contribution in [0, 0.1) is 20.2 Å². The molecule has 9 heteroatoms. The van der Waals surface area contributed by atoms with Crippen LogP contribution in [0.3, 0.4) is 0 Å². The molecule has 0 aliphatic heterocycles. The Kier molecular flexibility index (Phi) is 5.05. The third-order valence-corrected chi connectivity index (χ3v) is 2.96. The molecule has 24 heavy (non-hydrogen) atoms. The van der Waals surface area contributed by atoms with Gasteiger partial charge in [0.05, 0.1) is 23.2 Å². The SMILES string of the molecule is CCOC(=O)/C(=C/c1ccc([N+](=O)[O-])o1)c1ccc([N+](=O)[O-])cc1. The molecule has 9 nitrogen and oxygen atoms in total. The summed E-state index contributed by atoms with van der Waals surface area (Å²) in [4.78, 5) is 32.2. The maximum Gasteiger partial charge on any atom is 0.433 e. The smallest absolute Gasteiger partial charge is 0.433 e. The summed E-state index contributed by atoms with van der Waals surface area (Å²) in [6.07, 6.45) is 1.28. The highest BCUT2D eigenvalue weighted by Crippen LogP contribution is 2.25. The van der Waals surface area contributed by atoms with Gasteiger partial charge in [-0.1, -0.05) is 0 Å². The highest BCUT2D eigenvalue weighted by atomic mass is 16.6. The minimum Gasteiger partial charge on any atom is -0.462 e. The number of nitro groups is 2. The van der Waals surface area contributed by atoms with E-state index in [1.165, 1.54) is 36.4 Å². The lowest BCUT2D eigenvalue weighted by Gasteiger charge is -2.06. The Morgan fingerprint density at radius 1 is 1.12 bits per heavy atom. The van der Waals surface area contributed by atoms with Gasteiger partial charge in [0, 0.05) is 12.1 Å². The second kappa shape index (κ2) is 7.18. The predicted octanol–water partition coefficient (Wildman–Crippen LogP) is 3.20. The molecule has 0 spiro atoms. The van der Waals surface area contributed by atoms with Gasteiger partial charge in [0.15, 0.2) is 0 Å². The summed E-state index contributed by atoms with van der Waals surface area (Å²) < 4.78 is 9.94. The number of carbonyl (C=O) groups excluding carboxylic acids is 1. The summed E-state index contributed by atoms with van der Waals surface area (Å²) in [5.41, 5.74) is 0.296. The second-order valence-corrected chi connectivity index (χ2v) is 4.52. The third kappa shape index (κ3) is 3.83. The summed E-state index contributed by atoms with van der Waals surface area (Å²) in [5.74, 6) is -1.05. The summed E-state index contributed by atoms with van der Waals surface area (Å²) in [5, 5.41) is 21.3. The molecule has 1 aromatic heterocycles. The Hall–Kier alpha value is -3.49. The maximum absolute atomic E-state index is 12.1. The molecule has 0 atom stereocenters. The van der Waals surface area contributed by atoms with E-state index >= 15 is 0 Å². The molecule has 0 aliphatic rings. The van der Waals surface area contributed by atoms with Crippen molar-refractivity contribution in [3.05, 3.63) is 68.0 Å². The molecule has 0 bridgehead atoms. The largest absolute Gasteiger partial charge is 0.462 e. The lowest BCUT2D eigenvalue weighted by atomic mass is 10.0. The monoisotopic (exact) mass is 332 g/mol. The zero-order valence-corrected chi connectivity index (χ0v) is 12.5. The summed E-state index contributed by atoms with van der Waals surface area (Å²) in [6, 6.07) is 7.75. The van der Waals surface area contributed by atoms with E-state index in [2.05, 4.69) is 0 Å². The minimum atomic E-state index is -0.701. The van der Waals surface area contributed by atoms with Gasteiger partial charge in [-0.3, -0.25) is 20.2 Å². The van der Waals surface area contributed by atoms with E-state index < -0.39 is 21.7 Å². The molecule has 2 rings (SSSR count). The number of carbonyl (C=O) groups is 1. The average Bonchev–Trinajstić information content (AvgIpc) is 3.02. The number of esters is 1. The standard InChI is InChI=1S/C15H12N2O7/c1-2-23-15(18)13(9-12-7-8-14(24-12)17(21)22)10-3-5-11(6-4-10)16(19)20/h3-9H,2H2,1H3/b13-9+. The van der Waals surface area contributed by atoms with Gasteiger partial charge >= 0.3 is 11.9 Å². The molecule has 0 aliphatic carbocycles. The van der Waals surface area contributed by atoms with Crippen LogP contribution in [0.25, 0.3) is 11.6 Å². The van der Waals surface area contributed by atoms with Gasteiger partial charge in [0.1, 0.15) is 10.7 Å². The van der Waals surface area contributed by atoms with E-state index in [1.54, 1.807) is 6.92 Å². The summed E-state index contributed by atoms with van der Waals surface area (Å²) >= 11 is 0. The number of nitro benzene ring substituents is 1. The van der Waals surface area contributed by atoms with E-state index in [0.29, 0.717) is 5.56 Å². The number of hydrogen-bond acceptors (Lipinski definition) is 7. The first-order valence-corrected chi connectivity index (χ1v) is 6.80. The number of rotatable bonds is 6. The van der Waals surface area contributed by atoms with Crippen molar-refractivity contribution < 1.29 is 23.8 Å². The summed E-state index contributed by atoms with van der Waals surface area (Å²) in [6.45, 7) is 1.75. The van der Waals surface area contributed by atoms with Crippen molar-refractivity contribution in [2.45, 2.75) is 6.92 Å². The number of nitrogens with zero attached hydrogens (tertiary/aromatic N) is 2. The van der Waals surface area contributed by atoms with Crippen LogP contribution in [0.5, 0.6) is 0 Å². The van der Waals surface area contributed by atoms with Crippen LogP contribution in [0.2, 0.25) is 0 Å². The van der Waals surface area contributed by atoms with Crippen molar-refractivity contribution in [3.63, 3.8) is 0 Å². The molecule has 1 heterocycles. The van der Waals surface area contributed by atoms with Gasteiger partial charge in [-0.05, 0) is 36.8 Å². The van der Waals surface area contributed by atoms with E-state index in [0.717, 1.165) is 6.07 Å². The quantitative estimate of drug-likeness (QED) is 0.344. The lowest BCUT2D eigenvalue weighted by Crippen LogP contribution is -2.06. The van der Waals surface area contributed by atoms with E-state index in [1.807, 2.05) is 0 Å². The number of benzene rings is 1. The lowest BCUT2D eigenvalue weighted by molar-refractivity contribution is -0.402. The van der Waals surface area contributed by atoms with Crippen molar-refractivity contribution in [2.24, 2.45) is 0 Å². The molecule has 0 saturated carbocycles. The number of non-ortho nitro benzene ring substituents is 1. The van der Waals surface area contributed by atoms with Crippen LogP contribution in [0.15, 0.2) is 40.8 Å². The Morgan fingerprint density at radius 2 is 1.79 bits per heavy atom. The number of ether oxygens (including phenoxy) is 1. The van der Waals surface area contributed by atoms with Crippen LogP contribution >= 0.6 is 0 Å². The van der Waals surface area contributed by atoms with Crippen LogP contribution in [0.4, 0.5) is 11.6 Å². The zero-order valence-electron chi connectivity index (χ0n) is 12.5. The fourth-order valence-corrected chi connectivity index (χ4v) is 1.89. The van der Waals surface area contributed by atoms with Crippen LogP contribution in [-0.4, -0.2) is 22.4 Å². The van der Waals surface area contributed by atoms with Crippen molar-refractivity contribution in [2.75, 3.05) is 6.61 Å². The first kappa shape index (κ1) is 16.9. The predicted molar refractivity (Wildman–Crippen MR) is 83.0 cm³/mol. The minimum absolute atomic E-state index is 0.0657. The van der Waals surface area contributed by atoms with Crippen molar-refractivity contribution in [3.8, 4) is 0 Å². The second-order valence-electron chi connectivity index (χ2n) is 4.52. The van der Waals surface area contributed by atoms with Crippen LogP contribution in [-0.2, 0) is 9.53 Å². The molecular formula is C15H12N2O7. The molecule has 0 saturated heterocycles. The molecule has 0 fully saturated rings. The Bertz CT molecular complexity index is 805. The zero-order chi connectivity index (χ0) is 17.7. The first-order chi connectivity index (χ1) is 11.4. The Morgan fingerprint density at radius 3 is 2.29 bits per heavy atom. The van der Waals surface area contributed by atoms with Crippen LogP contribution < -0.4 is 0 Å². The topological polar surface area (TPSA) is 126 Å². The number of hydrogen-bond donors (Lipinski definition) is 0. The van der Waals surface area contributed by atoms with Crippen molar-refractivity contribution in [1.82, 2.24) is 0 Å². The number of furan rings is 1. The van der Waals surface area contributed by atoms with Gasteiger partial charge in [0.2, 0.25) is 0 Å². The molecule has 0 N–H and O–H groups in total. The van der Waals surface area contributed by atoms with E-state index in [4.69, 9.17) is 9.15 Å². The fourth-order valence-electron chi connectivity index (χ4n) is 1.89. The van der Waals surface area contributed by atoms with Gasteiger partial charge in [-0.2, -0.15) is 0 Å². The van der Waals surface area contributed by atoms with Gasteiger partial charge in [0.25, 0.3) is 5.69 Å². The molecule has 2 aromatic rings. The van der Waals surface area contributed by atoms with Crippen molar-refractivity contribution >= 4 is 29.2 Å². The highest BCUT2D eigenvalue weighted by Gasteiger charge is 2.17. The molecule has 0 radical (unpaired) electrons. The Labute approximate surface area is 135 Å².